The first-order valence-electron chi connectivity index (χ1n) is 4.57. The zero-order valence-corrected chi connectivity index (χ0v) is 9.02. The van der Waals surface area contributed by atoms with Crippen molar-refractivity contribution in [3.8, 4) is 0 Å². The van der Waals surface area contributed by atoms with E-state index < -0.39 is 34.9 Å². The number of alkyl halides is 3. The minimum absolute atomic E-state index is 0.133. The van der Waals surface area contributed by atoms with Crippen LogP contribution in [0.4, 0.5) is 22.0 Å². The monoisotopic (exact) mass is 266 g/mol. The highest BCUT2D eigenvalue weighted by Gasteiger charge is 2.36. The van der Waals surface area contributed by atoms with E-state index in [0.717, 1.165) is 7.11 Å². The van der Waals surface area contributed by atoms with E-state index in [4.69, 9.17) is 0 Å². The van der Waals surface area contributed by atoms with Gasteiger partial charge in [0.15, 0.2) is 0 Å². The summed E-state index contributed by atoms with van der Waals surface area (Å²) in [5.41, 5.74) is -2.27. The van der Waals surface area contributed by atoms with Crippen LogP contribution in [0.15, 0.2) is 24.3 Å². The Bertz CT molecular complexity index is 470. The molecule has 0 radical (unpaired) electrons. The van der Waals surface area contributed by atoms with Crippen LogP contribution < -0.4 is 0 Å². The fourth-order valence-corrected chi connectivity index (χ4v) is 1.21. The number of rotatable bonds is 2. The van der Waals surface area contributed by atoms with Crippen LogP contribution in [-0.2, 0) is 9.53 Å². The van der Waals surface area contributed by atoms with Gasteiger partial charge < -0.3 is 4.74 Å². The maximum Gasteiger partial charge on any atom is 0.417 e. The molecular formula is C11H7F5O2. The third-order valence-electron chi connectivity index (χ3n) is 1.94. The van der Waals surface area contributed by atoms with Crippen LogP contribution in [0.3, 0.4) is 0 Å². The second-order valence-corrected chi connectivity index (χ2v) is 3.24. The number of hydrogen-bond acceptors (Lipinski definition) is 2. The van der Waals surface area contributed by atoms with Gasteiger partial charge in [-0.1, -0.05) is 0 Å². The predicted octanol–water partition coefficient (Wildman–Crippen LogP) is 3.08. The highest BCUT2D eigenvalue weighted by atomic mass is 19.4. The molecule has 0 atom stereocenters. The number of hydrogen-bond donors (Lipinski definition) is 0. The Morgan fingerprint density at radius 1 is 1.17 bits per heavy atom. The highest BCUT2D eigenvalue weighted by Crippen LogP contribution is 2.34. The van der Waals surface area contributed by atoms with Crippen molar-refractivity contribution in [1.82, 2.24) is 0 Å². The van der Waals surface area contributed by atoms with E-state index >= 15 is 0 Å². The summed E-state index contributed by atoms with van der Waals surface area (Å²) in [6, 6.07) is 1.38. The van der Waals surface area contributed by atoms with E-state index in [0.29, 0.717) is 18.2 Å². The first kappa shape index (κ1) is 14.1. The highest BCUT2D eigenvalue weighted by molar-refractivity contribution is 5.92. The van der Waals surface area contributed by atoms with Crippen molar-refractivity contribution in [3.05, 3.63) is 41.5 Å². The van der Waals surface area contributed by atoms with E-state index in [-0.39, 0.29) is 6.08 Å². The van der Waals surface area contributed by atoms with Crippen molar-refractivity contribution < 1.29 is 31.5 Å². The molecular weight excluding hydrogens is 259 g/mol. The number of allylic oxidation sites excluding steroid dienone is 1. The van der Waals surface area contributed by atoms with E-state index in [9.17, 15) is 26.7 Å². The van der Waals surface area contributed by atoms with Crippen molar-refractivity contribution in [2.24, 2.45) is 0 Å². The summed E-state index contributed by atoms with van der Waals surface area (Å²) in [5, 5.41) is 0. The summed E-state index contributed by atoms with van der Waals surface area (Å²) >= 11 is 0. The molecule has 0 saturated heterocycles. The smallest absolute Gasteiger partial charge is 0.417 e. The fourth-order valence-electron chi connectivity index (χ4n) is 1.21. The average molecular weight is 266 g/mol. The van der Waals surface area contributed by atoms with Gasteiger partial charge in [-0.3, -0.25) is 0 Å². The topological polar surface area (TPSA) is 26.3 Å². The molecule has 0 aliphatic rings. The van der Waals surface area contributed by atoms with Crippen LogP contribution in [0.25, 0.3) is 5.57 Å². The molecule has 0 saturated carbocycles. The SMILES string of the molecule is COC(=O)C=C(c1cc(F)cc(F)c1)C(F)(F)F. The molecule has 1 aromatic carbocycles. The summed E-state index contributed by atoms with van der Waals surface area (Å²) in [6.07, 6.45) is -4.80. The lowest BCUT2D eigenvalue weighted by Gasteiger charge is -2.11. The first-order chi connectivity index (χ1) is 8.24. The molecule has 0 spiro atoms. The summed E-state index contributed by atoms with van der Waals surface area (Å²) in [5.74, 6) is -3.62. The molecule has 0 unspecified atom stereocenters. The van der Waals surface area contributed by atoms with Crippen molar-refractivity contribution in [3.63, 3.8) is 0 Å². The van der Waals surface area contributed by atoms with Crippen LogP contribution in [0.2, 0.25) is 0 Å². The summed E-state index contributed by atoms with van der Waals surface area (Å²) in [7, 11) is 0.888. The Kier molecular flexibility index (Phi) is 4.05. The standard InChI is InChI=1S/C11H7F5O2/c1-18-10(17)5-9(11(14,15)16)6-2-7(12)4-8(13)3-6/h2-5H,1H3. The zero-order valence-electron chi connectivity index (χ0n) is 9.02. The van der Waals surface area contributed by atoms with Crippen molar-refractivity contribution >= 4 is 11.5 Å². The number of methoxy groups -OCH3 is 1. The predicted molar refractivity (Wildman–Crippen MR) is 52.4 cm³/mol. The summed E-state index contributed by atoms with van der Waals surface area (Å²) in [4.78, 5) is 10.8. The third kappa shape index (κ3) is 3.54. The van der Waals surface area contributed by atoms with Crippen LogP contribution in [0, 0.1) is 11.6 Å². The van der Waals surface area contributed by atoms with E-state index in [1.807, 2.05) is 0 Å². The van der Waals surface area contributed by atoms with Gasteiger partial charge in [-0.25, -0.2) is 13.6 Å². The molecule has 98 valence electrons. The molecule has 0 N–H and O–H groups in total. The third-order valence-corrected chi connectivity index (χ3v) is 1.94. The largest absolute Gasteiger partial charge is 0.466 e. The normalized spacial score (nSPS) is 12.4. The molecule has 0 fully saturated rings. The molecule has 0 bridgehead atoms. The number of esters is 1. The molecule has 0 amide bonds. The Morgan fingerprint density at radius 2 is 1.67 bits per heavy atom. The Morgan fingerprint density at radius 3 is 2.06 bits per heavy atom. The summed E-state index contributed by atoms with van der Waals surface area (Å²) in [6.45, 7) is 0. The van der Waals surface area contributed by atoms with Gasteiger partial charge in [0.2, 0.25) is 0 Å². The van der Waals surface area contributed by atoms with Gasteiger partial charge >= 0.3 is 12.1 Å². The van der Waals surface area contributed by atoms with Gasteiger partial charge in [-0.2, -0.15) is 13.2 Å². The molecule has 1 aromatic rings. The Balaban J connectivity index is 3.35. The fraction of sp³-hybridized carbons (Fsp3) is 0.182. The second-order valence-electron chi connectivity index (χ2n) is 3.24. The lowest BCUT2D eigenvalue weighted by atomic mass is 10.0. The van der Waals surface area contributed by atoms with Crippen LogP contribution in [-0.4, -0.2) is 19.3 Å². The van der Waals surface area contributed by atoms with Crippen LogP contribution in [0.1, 0.15) is 5.56 Å². The maximum absolute atomic E-state index is 12.8. The molecule has 0 heterocycles. The number of carbonyl (C=O) groups excluding carboxylic acids is 1. The van der Waals surface area contributed by atoms with E-state index in [2.05, 4.69) is 4.74 Å². The summed E-state index contributed by atoms with van der Waals surface area (Å²) < 4.78 is 67.7. The lowest BCUT2D eigenvalue weighted by molar-refractivity contribution is -0.135. The van der Waals surface area contributed by atoms with Crippen molar-refractivity contribution in [2.45, 2.75) is 6.18 Å². The van der Waals surface area contributed by atoms with Gasteiger partial charge in [-0.15, -0.1) is 0 Å². The van der Waals surface area contributed by atoms with Crippen molar-refractivity contribution in [2.75, 3.05) is 7.11 Å². The van der Waals surface area contributed by atoms with E-state index in [1.54, 1.807) is 0 Å². The number of ether oxygens (including phenoxy) is 1. The number of carbonyl (C=O) groups is 1. The quantitative estimate of drug-likeness (QED) is 0.467. The molecule has 0 aliphatic heterocycles. The minimum atomic E-state index is -4.94. The minimum Gasteiger partial charge on any atom is -0.466 e. The Hall–Kier alpha value is -1.92. The second kappa shape index (κ2) is 5.16. The number of benzene rings is 1. The molecule has 7 heteroatoms. The average Bonchev–Trinajstić information content (AvgIpc) is 2.22. The van der Waals surface area contributed by atoms with Crippen molar-refractivity contribution in [1.29, 1.82) is 0 Å². The Labute approximate surface area is 98.7 Å². The van der Waals surface area contributed by atoms with Gasteiger partial charge in [0, 0.05) is 12.1 Å². The van der Waals surface area contributed by atoms with Gasteiger partial charge in [0.1, 0.15) is 11.6 Å². The van der Waals surface area contributed by atoms with Crippen LogP contribution >= 0.6 is 0 Å². The molecule has 2 nitrogen and oxygen atoms in total. The maximum atomic E-state index is 12.8. The molecule has 0 aliphatic carbocycles. The molecule has 0 aromatic heterocycles. The van der Waals surface area contributed by atoms with Gasteiger partial charge in [0.25, 0.3) is 0 Å². The first-order valence-corrected chi connectivity index (χ1v) is 4.57. The lowest BCUT2D eigenvalue weighted by Crippen LogP contribution is -2.13. The van der Waals surface area contributed by atoms with Crippen LogP contribution in [0.5, 0.6) is 0 Å². The van der Waals surface area contributed by atoms with Gasteiger partial charge in [-0.05, 0) is 17.7 Å². The van der Waals surface area contributed by atoms with Gasteiger partial charge in [0.05, 0.1) is 12.7 Å². The number of halogens is 5. The zero-order chi connectivity index (χ0) is 13.9. The van der Waals surface area contributed by atoms with E-state index in [1.165, 1.54) is 0 Å². The molecule has 1 rings (SSSR count). The molecule has 18 heavy (non-hydrogen) atoms.